The third kappa shape index (κ3) is 5.26. The van der Waals surface area contributed by atoms with Crippen LogP contribution < -0.4 is 16.2 Å². The van der Waals surface area contributed by atoms with E-state index in [1.807, 2.05) is 26.0 Å². The predicted molar refractivity (Wildman–Crippen MR) is 117 cm³/mol. The molecular weight excluding hydrogens is 386 g/mol. The van der Waals surface area contributed by atoms with Crippen molar-refractivity contribution in [1.82, 2.24) is 30.4 Å². The second kappa shape index (κ2) is 9.42. The third-order valence-electron chi connectivity index (χ3n) is 4.67. The smallest absolute Gasteiger partial charge is 0.252 e. The first kappa shape index (κ1) is 20.7. The molecule has 3 rings (SSSR count). The maximum Gasteiger partial charge on any atom is 0.252 e. The molecule has 0 aliphatic rings. The molecule has 0 atom stereocenters. The van der Waals surface area contributed by atoms with Crippen LogP contribution in [0.1, 0.15) is 42.3 Å². The molecule has 0 unspecified atom stereocenters. The van der Waals surface area contributed by atoms with Gasteiger partial charge in [-0.15, -0.1) is 0 Å². The Balaban J connectivity index is 1.52. The molecule has 2 aromatic heterocycles. The number of carbonyl (C=O) groups excluding carboxylic acids is 1. The van der Waals surface area contributed by atoms with Crippen molar-refractivity contribution in [3.05, 3.63) is 53.1 Å². The van der Waals surface area contributed by atoms with Crippen LogP contribution in [0.5, 0.6) is 0 Å². The van der Waals surface area contributed by atoms with Crippen LogP contribution in [0.4, 0.5) is 5.69 Å². The lowest BCUT2D eigenvalue weighted by Gasteiger charge is -2.13. The molecule has 9 heteroatoms. The van der Waals surface area contributed by atoms with Crippen molar-refractivity contribution in [2.45, 2.75) is 46.5 Å². The monoisotopic (exact) mass is 411 g/mol. The predicted octanol–water partition coefficient (Wildman–Crippen LogP) is 2.64. The number of rotatable bonds is 6. The Morgan fingerprint density at radius 2 is 1.93 bits per heavy atom. The Morgan fingerprint density at radius 3 is 2.66 bits per heavy atom. The van der Waals surface area contributed by atoms with Crippen LogP contribution in [0.25, 0.3) is 5.78 Å². The van der Waals surface area contributed by atoms with E-state index in [4.69, 9.17) is 12.2 Å². The number of nitrogens with one attached hydrogen (secondary N) is 3. The van der Waals surface area contributed by atoms with Crippen LogP contribution in [0, 0.1) is 13.8 Å². The van der Waals surface area contributed by atoms with Gasteiger partial charge in [-0.05, 0) is 56.6 Å². The summed E-state index contributed by atoms with van der Waals surface area (Å²) in [6, 6.07) is 8.12. The van der Waals surface area contributed by atoms with E-state index < -0.39 is 0 Å². The zero-order valence-electron chi connectivity index (χ0n) is 16.8. The van der Waals surface area contributed by atoms with Gasteiger partial charge in [0.2, 0.25) is 5.91 Å². The van der Waals surface area contributed by atoms with Gasteiger partial charge < -0.3 is 5.32 Å². The maximum absolute atomic E-state index is 12.4. The number of hydrazine groups is 1. The largest absolute Gasteiger partial charge is 0.331 e. The fourth-order valence-electron chi connectivity index (χ4n) is 3.04. The highest BCUT2D eigenvalue weighted by atomic mass is 32.1. The summed E-state index contributed by atoms with van der Waals surface area (Å²) in [5, 5.41) is 7.51. The van der Waals surface area contributed by atoms with Crippen LogP contribution in [0.3, 0.4) is 0 Å². The molecule has 8 nitrogen and oxygen atoms in total. The van der Waals surface area contributed by atoms with E-state index in [1.165, 1.54) is 24.7 Å². The number of anilines is 1. The summed E-state index contributed by atoms with van der Waals surface area (Å²) in [4.78, 5) is 20.8. The molecule has 0 fully saturated rings. The van der Waals surface area contributed by atoms with Crippen molar-refractivity contribution < 1.29 is 4.79 Å². The molecule has 3 N–H and O–H groups in total. The van der Waals surface area contributed by atoms with Gasteiger partial charge in [-0.25, -0.2) is 9.50 Å². The second-order valence-corrected chi connectivity index (χ2v) is 7.25. The second-order valence-electron chi connectivity index (χ2n) is 6.84. The van der Waals surface area contributed by atoms with E-state index in [0.29, 0.717) is 10.9 Å². The quantitative estimate of drug-likeness (QED) is 0.424. The first-order chi connectivity index (χ1) is 14.0. The molecule has 0 bridgehead atoms. The van der Waals surface area contributed by atoms with Crippen molar-refractivity contribution in [2.75, 3.05) is 5.32 Å². The van der Waals surface area contributed by atoms with Crippen molar-refractivity contribution in [3.8, 4) is 0 Å². The molecule has 2 heterocycles. The third-order valence-corrected chi connectivity index (χ3v) is 4.88. The first-order valence-corrected chi connectivity index (χ1v) is 9.99. The number of amides is 1. The summed E-state index contributed by atoms with van der Waals surface area (Å²) in [6.45, 7) is 5.93. The molecular formula is C20H25N7OS. The Labute approximate surface area is 175 Å². The lowest BCUT2D eigenvalue weighted by Crippen LogP contribution is -2.44. The van der Waals surface area contributed by atoms with Crippen molar-refractivity contribution >= 4 is 34.7 Å². The minimum Gasteiger partial charge on any atom is -0.331 e. The van der Waals surface area contributed by atoms with E-state index in [9.17, 15) is 4.79 Å². The van der Waals surface area contributed by atoms with E-state index in [0.717, 1.165) is 29.1 Å². The fraction of sp³-hybridized carbons (Fsp3) is 0.350. The van der Waals surface area contributed by atoms with Crippen LogP contribution in [-0.4, -0.2) is 30.6 Å². The van der Waals surface area contributed by atoms with Crippen molar-refractivity contribution in [3.63, 3.8) is 0 Å². The number of unbranched alkanes of at least 4 members (excludes halogenated alkanes) is 1. The highest BCUT2D eigenvalue weighted by Gasteiger charge is 2.14. The van der Waals surface area contributed by atoms with E-state index in [1.54, 1.807) is 4.52 Å². The van der Waals surface area contributed by atoms with Gasteiger partial charge in [-0.2, -0.15) is 10.1 Å². The molecule has 0 saturated heterocycles. The van der Waals surface area contributed by atoms with Gasteiger partial charge in [0, 0.05) is 22.6 Å². The summed E-state index contributed by atoms with van der Waals surface area (Å²) in [5.41, 5.74) is 9.92. The first-order valence-electron chi connectivity index (χ1n) is 9.58. The van der Waals surface area contributed by atoms with Crippen LogP contribution >= 0.6 is 12.2 Å². The highest BCUT2D eigenvalue weighted by molar-refractivity contribution is 7.80. The summed E-state index contributed by atoms with van der Waals surface area (Å²) in [7, 11) is 0. The molecule has 0 saturated carbocycles. The topological polar surface area (TPSA) is 96.2 Å². The maximum atomic E-state index is 12.4. The number of carbonyl (C=O) groups is 1. The van der Waals surface area contributed by atoms with Crippen LogP contribution in [-0.2, 0) is 17.6 Å². The number of aryl methyl sites for hydroxylation is 3. The van der Waals surface area contributed by atoms with Gasteiger partial charge in [0.1, 0.15) is 6.33 Å². The van der Waals surface area contributed by atoms with Gasteiger partial charge in [-0.1, -0.05) is 25.5 Å². The normalized spacial score (nSPS) is 10.7. The molecule has 0 aliphatic carbocycles. The lowest BCUT2D eigenvalue weighted by molar-refractivity contribution is -0.121. The van der Waals surface area contributed by atoms with Gasteiger partial charge in [0.25, 0.3) is 5.78 Å². The molecule has 0 aliphatic heterocycles. The van der Waals surface area contributed by atoms with Gasteiger partial charge in [0.05, 0.1) is 6.42 Å². The van der Waals surface area contributed by atoms with Gasteiger partial charge >= 0.3 is 0 Å². The Kier molecular flexibility index (Phi) is 6.71. The minimum atomic E-state index is -0.225. The molecule has 3 aromatic rings. The number of aromatic nitrogens is 4. The van der Waals surface area contributed by atoms with Crippen molar-refractivity contribution in [2.24, 2.45) is 0 Å². The molecule has 0 radical (unpaired) electrons. The minimum absolute atomic E-state index is 0.155. The van der Waals surface area contributed by atoms with Crippen LogP contribution in [0.15, 0.2) is 30.6 Å². The fourth-order valence-corrected chi connectivity index (χ4v) is 3.21. The molecule has 29 heavy (non-hydrogen) atoms. The summed E-state index contributed by atoms with van der Waals surface area (Å²) < 4.78 is 1.62. The number of nitrogens with zero attached hydrogens (tertiary/aromatic N) is 4. The molecule has 1 amide bonds. The summed E-state index contributed by atoms with van der Waals surface area (Å²) >= 11 is 5.25. The SMILES string of the molecule is CCCCc1ccc(NC(=S)NNC(=O)Cc2c(C)nc3ncnn3c2C)cc1. The van der Waals surface area contributed by atoms with Gasteiger partial charge in [0.15, 0.2) is 5.11 Å². The van der Waals surface area contributed by atoms with E-state index >= 15 is 0 Å². The average molecular weight is 412 g/mol. The number of hydrogen-bond donors (Lipinski definition) is 3. The number of thiocarbonyl (C=S) groups is 1. The Bertz CT molecular complexity index is 1010. The molecule has 1 aromatic carbocycles. The zero-order valence-corrected chi connectivity index (χ0v) is 17.6. The summed E-state index contributed by atoms with van der Waals surface area (Å²) in [6.07, 6.45) is 5.03. The van der Waals surface area contributed by atoms with Crippen LogP contribution in [0.2, 0.25) is 0 Å². The van der Waals surface area contributed by atoms with Crippen molar-refractivity contribution in [1.29, 1.82) is 0 Å². The number of benzene rings is 1. The molecule has 152 valence electrons. The number of fused-ring (bicyclic) bond motifs is 1. The highest BCUT2D eigenvalue weighted by Crippen LogP contribution is 2.14. The Hall–Kier alpha value is -3.07. The Morgan fingerprint density at radius 1 is 1.17 bits per heavy atom. The van der Waals surface area contributed by atoms with E-state index in [2.05, 4.69) is 50.3 Å². The zero-order chi connectivity index (χ0) is 20.8. The molecule has 0 spiro atoms. The average Bonchev–Trinajstić information content (AvgIpc) is 3.17. The van der Waals surface area contributed by atoms with E-state index in [-0.39, 0.29) is 12.3 Å². The number of hydrogen-bond acceptors (Lipinski definition) is 5. The lowest BCUT2D eigenvalue weighted by atomic mass is 10.1. The standard InChI is InChI=1S/C20H25N7OS/c1-4-5-6-15-7-9-16(10-8-15)24-20(29)26-25-18(28)11-17-13(2)23-19-21-12-22-27(19)14(17)3/h7-10,12H,4-6,11H2,1-3H3,(H,25,28)(H2,24,26,29). The summed E-state index contributed by atoms with van der Waals surface area (Å²) in [5.74, 6) is 0.296. The van der Waals surface area contributed by atoms with Gasteiger partial charge in [-0.3, -0.25) is 15.6 Å².